The van der Waals surface area contributed by atoms with E-state index in [0.29, 0.717) is 6.54 Å². The maximum atomic E-state index is 7.98. The highest BCUT2D eigenvalue weighted by molar-refractivity contribution is 5.60. The van der Waals surface area contributed by atoms with Gasteiger partial charge in [-0.1, -0.05) is 5.11 Å². The monoisotopic (exact) mass is 125 g/mol. The zero-order valence-corrected chi connectivity index (χ0v) is 4.86. The van der Waals surface area contributed by atoms with Crippen LogP contribution in [-0.4, -0.2) is 25.5 Å². The summed E-state index contributed by atoms with van der Waals surface area (Å²) in [6.45, 7) is 1.43. The second kappa shape index (κ2) is 3.06. The smallest absolute Gasteiger partial charge is 0.140 e. The molecule has 1 aliphatic rings. The molecule has 5 nitrogen and oxygen atoms in total. The van der Waals surface area contributed by atoms with Crippen LogP contribution >= 0.6 is 0 Å². The van der Waals surface area contributed by atoms with Crippen LogP contribution in [0.2, 0.25) is 0 Å². The SMILES string of the molecule is [N-]=[N+]=NC1CNCC=N1. The second-order valence-electron chi connectivity index (χ2n) is 1.68. The topological polar surface area (TPSA) is 73.2 Å². The molecule has 1 N–H and O–H groups in total. The Balaban J connectivity index is 2.49. The molecule has 48 valence electrons. The van der Waals surface area contributed by atoms with Crippen molar-refractivity contribution < 1.29 is 0 Å². The maximum absolute atomic E-state index is 7.98. The van der Waals surface area contributed by atoms with E-state index in [9.17, 15) is 0 Å². The third kappa shape index (κ3) is 1.71. The fourth-order valence-electron chi connectivity index (χ4n) is 0.634. The Kier molecular flexibility index (Phi) is 2.06. The van der Waals surface area contributed by atoms with E-state index in [4.69, 9.17) is 5.53 Å². The number of azide groups is 1. The zero-order chi connectivity index (χ0) is 6.53. The lowest BCUT2D eigenvalue weighted by Gasteiger charge is -2.10. The Morgan fingerprint density at radius 2 is 2.78 bits per heavy atom. The molecule has 1 atom stereocenters. The lowest BCUT2D eigenvalue weighted by Crippen LogP contribution is -2.30. The molecule has 0 spiro atoms. The summed E-state index contributed by atoms with van der Waals surface area (Å²) in [5.41, 5.74) is 7.98. The summed E-state index contributed by atoms with van der Waals surface area (Å²) in [7, 11) is 0. The summed E-state index contributed by atoms with van der Waals surface area (Å²) in [6.07, 6.45) is 1.48. The van der Waals surface area contributed by atoms with E-state index < -0.39 is 0 Å². The van der Waals surface area contributed by atoms with Crippen LogP contribution in [0.1, 0.15) is 0 Å². The molecule has 9 heavy (non-hydrogen) atoms. The predicted molar refractivity (Wildman–Crippen MR) is 34.3 cm³/mol. The van der Waals surface area contributed by atoms with Crippen molar-refractivity contribution in [3.05, 3.63) is 10.4 Å². The summed E-state index contributed by atoms with van der Waals surface area (Å²) in [6, 6.07) is 0. The van der Waals surface area contributed by atoms with Gasteiger partial charge >= 0.3 is 0 Å². The Morgan fingerprint density at radius 3 is 3.33 bits per heavy atom. The van der Waals surface area contributed by atoms with Gasteiger partial charge in [0, 0.05) is 24.2 Å². The van der Waals surface area contributed by atoms with Crippen LogP contribution in [0.4, 0.5) is 0 Å². The molecule has 0 aromatic carbocycles. The number of nitrogens with zero attached hydrogens (tertiary/aromatic N) is 4. The first-order valence-electron chi connectivity index (χ1n) is 2.70. The first-order chi connectivity index (χ1) is 4.43. The van der Waals surface area contributed by atoms with Gasteiger partial charge in [0.05, 0.1) is 0 Å². The fourth-order valence-corrected chi connectivity index (χ4v) is 0.634. The molecule has 5 heteroatoms. The number of rotatable bonds is 1. The number of aliphatic imine (C=N–C) groups is 1. The third-order valence-corrected chi connectivity index (χ3v) is 1.02. The van der Waals surface area contributed by atoms with Gasteiger partial charge in [0.2, 0.25) is 0 Å². The molecule has 1 heterocycles. The lowest BCUT2D eigenvalue weighted by atomic mass is 10.4. The van der Waals surface area contributed by atoms with Crippen LogP contribution in [0, 0.1) is 0 Å². The molecule has 0 aliphatic carbocycles. The molecule has 0 bridgehead atoms. The minimum Gasteiger partial charge on any atom is -0.309 e. The Labute approximate surface area is 52.4 Å². The zero-order valence-electron chi connectivity index (χ0n) is 4.86. The standard InChI is InChI=1S/C4H7N5/c5-9-8-4-3-6-1-2-7-4/h2,4,6H,1,3H2. The van der Waals surface area contributed by atoms with Crippen LogP contribution in [0.5, 0.6) is 0 Å². The van der Waals surface area contributed by atoms with Gasteiger partial charge in [-0.05, 0) is 5.53 Å². The average molecular weight is 125 g/mol. The molecule has 0 fully saturated rings. The molecule has 0 saturated heterocycles. The minimum absolute atomic E-state index is 0.233. The van der Waals surface area contributed by atoms with Crippen molar-refractivity contribution >= 4 is 6.21 Å². The van der Waals surface area contributed by atoms with Gasteiger partial charge in [0.25, 0.3) is 0 Å². The summed E-state index contributed by atoms with van der Waals surface area (Å²) < 4.78 is 0. The quantitative estimate of drug-likeness (QED) is 0.305. The van der Waals surface area contributed by atoms with Gasteiger partial charge in [-0.2, -0.15) is 0 Å². The molecule has 0 aromatic rings. The number of hydrogen-bond acceptors (Lipinski definition) is 3. The molecule has 1 rings (SSSR count). The molecule has 0 amide bonds. The normalized spacial score (nSPS) is 25.1. The Hall–Kier alpha value is -1.06. The van der Waals surface area contributed by atoms with Crippen molar-refractivity contribution in [2.75, 3.05) is 13.1 Å². The lowest BCUT2D eigenvalue weighted by molar-refractivity contribution is 0.606. The van der Waals surface area contributed by atoms with E-state index in [1.54, 1.807) is 6.21 Å². The average Bonchev–Trinajstić information content (AvgIpc) is 1.91. The summed E-state index contributed by atoms with van der Waals surface area (Å²) in [5, 5.41) is 6.41. The largest absolute Gasteiger partial charge is 0.309 e. The minimum atomic E-state index is -0.233. The van der Waals surface area contributed by atoms with Crippen LogP contribution in [0.15, 0.2) is 10.1 Å². The first-order valence-corrected chi connectivity index (χ1v) is 2.70. The Morgan fingerprint density at radius 1 is 1.89 bits per heavy atom. The van der Waals surface area contributed by atoms with Crippen molar-refractivity contribution in [1.82, 2.24) is 5.32 Å². The molecule has 0 radical (unpaired) electrons. The van der Waals surface area contributed by atoms with Crippen molar-refractivity contribution in [2.24, 2.45) is 10.1 Å². The molecular weight excluding hydrogens is 118 g/mol. The molecular formula is C4H7N5. The van der Waals surface area contributed by atoms with Crippen molar-refractivity contribution in [2.45, 2.75) is 6.17 Å². The van der Waals surface area contributed by atoms with Crippen LogP contribution in [0.3, 0.4) is 0 Å². The van der Waals surface area contributed by atoms with Crippen LogP contribution in [0.25, 0.3) is 10.4 Å². The number of hydrogen-bond donors (Lipinski definition) is 1. The molecule has 1 aliphatic heterocycles. The van der Waals surface area contributed by atoms with E-state index >= 15 is 0 Å². The fraction of sp³-hybridized carbons (Fsp3) is 0.750. The summed E-state index contributed by atoms with van der Waals surface area (Å²) in [5.74, 6) is 0. The third-order valence-electron chi connectivity index (χ3n) is 1.02. The predicted octanol–water partition coefficient (Wildman–Crippen LogP) is 0.297. The van der Waals surface area contributed by atoms with Crippen LogP contribution < -0.4 is 5.32 Å². The van der Waals surface area contributed by atoms with Gasteiger partial charge in [0.1, 0.15) is 6.17 Å². The summed E-state index contributed by atoms with van der Waals surface area (Å²) >= 11 is 0. The van der Waals surface area contributed by atoms with Gasteiger partial charge in [-0.25, -0.2) is 0 Å². The molecule has 0 saturated carbocycles. The van der Waals surface area contributed by atoms with E-state index in [1.165, 1.54) is 0 Å². The van der Waals surface area contributed by atoms with Gasteiger partial charge < -0.3 is 5.32 Å². The van der Waals surface area contributed by atoms with E-state index in [2.05, 4.69) is 20.3 Å². The molecule has 1 unspecified atom stereocenters. The highest BCUT2D eigenvalue weighted by Crippen LogP contribution is 1.93. The first kappa shape index (κ1) is 6.07. The van der Waals surface area contributed by atoms with E-state index in [0.717, 1.165) is 6.54 Å². The highest BCUT2D eigenvalue weighted by atomic mass is 15.2. The van der Waals surface area contributed by atoms with E-state index in [1.807, 2.05) is 0 Å². The molecule has 0 aromatic heterocycles. The Bertz CT molecular complexity index is 156. The second-order valence-corrected chi connectivity index (χ2v) is 1.68. The maximum Gasteiger partial charge on any atom is 0.140 e. The van der Waals surface area contributed by atoms with Gasteiger partial charge in [-0.15, -0.1) is 0 Å². The van der Waals surface area contributed by atoms with Crippen molar-refractivity contribution in [1.29, 1.82) is 0 Å². The highest BCUT2D eigenvalue weighted by Gasteiger charge is 2.03. The van der Waals surface area contributed by atoms with Crippen LogP contribution in [-0.2, 0) is 0 Å². The van der Waals surface area contributed by atoms with Crippen molar-refractivity contribution in [3.8, 4) is 0 Å². The summed E-state index contributed by atoms with van der Waals surface area (Å²) in [4.78, 5) is 6.54. The van der Waals surface area contributed by atoms with E-state index in [-0.39, 0.29) is 6.17 Å². The van der Waals surface area contributed by atoms with Gasteiger partial charge in [0.15, 0.2) is 0 Å². The van der Waals surface area contributed by atoms with Crippen molar-refractivity contribution in [3.63, 3.8) is 0 Å². The number of nitrogens with one attached hydrogen (secondary N) is 1. The van der Waals surface area contributed by atoms with Gasteiger partial charge in [-0.3, -0.25) is 4.99 Å².